The van der Waals surface area contributed by atoms with E-state index in [1.165, 1.54) is 0 Å². The first-order valence-electron chi connectivity index (χ1n) is 7.95. The SMILES string of the molecule is COCCCOc1cnc(-c2ccc(C(C)(C)OC(N)=O)cc2)cn1. The first-order chi connectivity index (χ1) is 11.9. The van der Waals surface area contributed by atoms with Crippen LogP contribution >= 0.6 is 0 Å². The van der Waals surface area contributed by atoms with Gasteiger partial charge in [0.15, 0.2) is 0 Å². The van der Waals surface area contributed by atoms with Crippen molar-refractivity contribution >= 4 is 6.09 Å². The largest absolute Gasteiger partial charge is 0.476 e. The van der Waals surface area contributed by atoms with Gasteiger partial charge in [0.2, 0.25) is 5.88 Å². The molecule has 2 aromatic rings. The van der Waals surface area contributed by atoms with Gasteiger partial charge >= 0.3 is 6.09 Å². The molecule has 0 aliphatic heterocycles. The van der Waals surface area contributed by atoms with E-state index in [9.17, 15) is 4.79 Å². The predicted octanol–water partition coefficient (Wildman–Crippen LogP) is 2.89. The second kappa shape index (κ2) is 8.43. The Bertz CT molecular complexity index is 684. The number of nitrogens with zero attached hydrogens (tertiary/aromatic N) is 2. The lowest BCUT2D eigenvalue weighted by molar-refractivity contribution is 0.0432. The van der Waals surface area contributed by atoms with E-state index in [1.54, 1.807) is 33.4 Å². The molecule has 0 bridgehead atoms. The minimum Gasteiger partial charge on any atom is -0.476 e. The summed E-state index contributed by atoms with van der Waals surface area (Å²) in [4.78, 5) is 19.6. The summed E-state index contributed by atoms with van der Waals surface area (Å²) in [6.07, 6.45) is 3.24. The monoisotopic (exact) mass is 345 g/mol. The highest BCUT2D eigenvalue weighted by Gasteiger charge is 2.24. The topological polar surface area (TPSA) is 96.6 Å². The van der Waals surface area contributed by atoms with Gasteiger partial charge in [-0.3, -0.25) is 0 Å². The molecule has 1 aromatic heterocycles. The maximum absolute atomic E-state index is 11.0. The number of carbonyl (C=O) groups excluding carboxylic acids is 1. The summed E-state index contributed by atoms with van der Waals surface area (Å²) in [5, 5.41) is 0. The minimum atomic E-state index is -0.805. The lowest BCUT2D eigenvalue weighted by Crippen LogP contribution is -2.28. The van der Waals surface area contributed by atoms with Gasteiger partial charge in [0, 0.05) is 25.7 Å². The molecule has 0 radical (unpaired) electrons. The number of benzene rings is 1. The van der Waals surface area contributed by atoms with Gasteiger partial charge in [0.05, 0.1) is 24.7 Å². The molecule has 0 spiro atoms. The lowest BCUT2D eigenvalue weighted by atomic mass is 9.96. The predicted molar refractivity (Wildman–Crippen MR) is 93.2 cm³/mol. The van der Waals surface area contributed by atoms with Crippen molar-refractivity contribution in [2.75, 3.05) is 20.3 Å². The Hall–Kier alpha value is -2.67. The van der Waals surface area contributed by atoms with Crippen molar-refractivity contribution < 1.29 is 19.0 Å². The maximum Gasteiger partial charge on any atom is 0.405 e. The molecular formula is C18H23N3O4. The van der Waals surface area contributed by atoms with E-state index in [0.717, 1.165) is 23.2 Å². The van der Waals surface area contributed by atoms with Crippen LogP contribution in [-0.4, -0.2) is 36.4 Å². The zero-order valence-corrected chi connectivity index (χ0v) is 14.7. The summed E-state index contributed by atoms with van der Waals surface area (Å²) in [6, 6.07) is 7.53. The summed E-state index contributed by atoms with van der Waals surface area (Å²) in [7, 11) is 1.65. The van der Waals surface area contributed by atoms with Gasteiger partial charge in [-0.25, -0.2) is 14.8 Å². The number of carbonyl (C=O) groups is 1. The highest BCUT2D eigenvalue weighted by atomic mass is 16.6. The van der Waals surface area contributed by atoms with E-state index in [-0.39, 0.29) is 0 Å². The first kappa shape index (κ1) is 18.7. The van der Waals surface area contributed by atoms with Crippen LogP contribution < -0.4 is 10.5 Å². The number of hydrogen-bond donors (Lipinski definition) is 1. The second-order valence-corrected chi connectivity index (χ2v) is 5.94. The van der Waals surface area contributed by atoms with E-state index in [0.29, 0.717) is 19.1 Å². The fourth-order valence-electron chi connectivity index (χ4n) is 2.27. The molecule has 7 heteroatoms. The van der Waals surface area contributed by atoms with Crippen molar-refractivity contribution in [2.45, 2.75) is 25.9 Å². The number of aromatic nitrogens is 2. The molecule has 0 aliphatic carbocycles. The first-order valence-corrected chi connectivity index (χ1v) is 7.95. The number of primary amides is 1. The van der Waals surface area contributed by atoms with Crippen LogP contribution in [0, 0.1) is 0 Å². The Morgan fingerprint density at radius 2 is 1.84 bits per heavy atom. The van der Waals surface area contributed by atoms with Gasteiger partial charge in [-0.1, -0.05) is 24.3 Å². The quantitative estimate of drug-likeness (QED) is 0.739. The van der Waals surface area contributed by atoms with Crippen LogP contribution in [0.5, 0.6) is 5.88 Å². The summed E-state index contributed by atoms with van der Waals surface area (Å²) in [5.41, 5.74) is 6.77. The standard InChI is InChI=1S/C18H23N3O4/c1-18(2,25-17(19)22)14-7-5-13(6-8-14)15-11-21-16(12-20-15)24-10-4-9-23-3/h5-8,11-12H,4,9-10H2,1-3H3,(H2,19,22). The zero-order valence-electron chi connectivity index (χ0n) is 14.7. The van der Waals surface area contributed by atoms with Crippen LogP contribution in [0.2, 0.25) is 0 Å². The number of rotatable bonds is 8. The van der Waals surface area contributed by atoms with Crippen LogP contribution in [0.25, 0.3) is 11.3 Å². The zero-order chi connectivity index (χ0) is 18.3. The van der Waals surface area contributed by atoms with E-state index in [2.05, 4.69) is 9.97 Å². The van der Waals surface area contributed by atoms with Crippen molar-refractivity contribution in [2.24, 2.45) is 5.73 Å². The number of methoxy groups -OCH3 is 1. The molecule has 0 saturated heterocycles. The average molecular weight is 345 g/mol. The third-order valence-electron chi connectivity index (χ3n) is 3.60. The van der Waals surface area contributed by atoms with Gasteiger partial charge in [0.25, 0.3) is 0 Å². The molecule has 1 amide bonds. The molecule has 0 atom stereocenters. The molecule has 1 heterocycles. The molecule has 7 nitrogen and oxygen atoms in total. The van der Waals surface area contributed by atoms with Gasteiger partial charge in [-0.05, 0) is 19.4 Å². The van der Waals surface area contributed by atoms with Crippen LogP contribution in [-0.2, 0) is 15.1 Å². The maximum atomic E-state index is 11.0. The summed E-state index contributed by atoms with van der Waals surface area (Å²) in [5.74, 6) is 0.479. The van der Waals surface area contributed by atoms with E-state index in [4.69, 9.17) is 19.9 Å². The number of nitrogens with two attached hydrogens (primary N) is 1. The van der Waals surface area contributed by atoms with E-state index in [1.807, 2.05) is 24.3 Å². The molecule has 1 aromatic carbocycles. The van der Waals surface area contributed by atoms with Gasteiger partial charge in [-0.15, -0.1) is 0 Å². The minimum absolute atomic E-state index is 0.479. The van der Waals surface area contributed by atoms with E-state index < -0.39 is 11.7 Å². The van der Waals surface area contributed by atoms with Gasteiger partial charge < -0.3 is 19.9 Å². The fraction of sp³-hybridized carbons (Fsp3) is 0.389. The molecule has 0 aliphatic rings. The van der Waals surface area contributed by atoms with E-state index >= 15 is 0 Å². The normalized spacial score (nSPS) is 11.2. The molecular weight excluding hydrogens is 322 g/mol. The molecule has 25 heavy (non-hydrogen) atoms. The summed E-state index contributed by atoms with van der Waals surface area (Å²) >= 11 is 0. The smallest absolute Gasteiger partial charge is 0.405 e. The summed E-state index contributed by atoms with van der Waals surface area (Å²) in [6.45, 7) is 4.74. The Labute approximate surface area is 147 Å². The summed E-state index contributed by atoms with van der Waals surface area (Å²) < 4.78 is 15.6. The number of hydrogen-bond acceptors (Lipinski definition) is 6. The van der Waals surface area contributed by atoms with Gasteiger partial charge in [0.1, 0.15) is 5.60 Å². The highest BCUT2D eigenvalue weighted by Crippen LogP contribution is 2.27. The molecule has 2 N–H and O–H groups in total. The average Bonchev–Trinajstić information content (AvgIpc) is 2.58. The van der Waals surface area contributed by atoms with Crippen molar-refractivity contribution in [3.05, 3.63) is 42.2 Å². The van der Waals surface area contributed by atoms with Crippen molar-refractivity contribution in [1.29, 1.82) is 0 Å². The Morgan fingerprint density at radius 3 is 2.40 bits per heavy atom. The molecule has 0 saturated carbocycles. The van der Waals surface area contributed by atoms with Crippen molar-refractivity contribution in [1.82, 2.24) is 9.97 Å². The van der Waals surface area contributed by atoms with Crippen LogP contribution in [0.4, 0.5) is 4.79 Å². The highest BCUT2D eigenvalue weighted by molar-refractivity contribution is 5.65. The fourth-order valence-corrected chi connectivity index (χ4v) is 2.27. The molecule has 134 valence electrons. The third kappa shape index (κ3) is 5.42. The van der Waals surface area contributed by atoms with Crippen LogP contribution in [0.15, 0.2) is 36.7 Å². The second-order valence-electron chi connectivity index (χ2n) is 5.94. The Kier molecular flexibility index (Phi) is 6.30. The lowest BCUT2D eigenvalue weighted by Gasteiger charge is -2.24. The number of ether oxygens (including phenoxy) is 3. The molecule has 0 fully saturated rings. The van der Waals surface area contributed by atoms with Crippen LogP contribution in [0.1, 0.15) is 25.8 Å². The third-order valence-corrected chi connectivity index (χ3v) is 3.60. The van der Waals surface area contributed by atoms with Gasteiger partial charge in [-0.2, -0.15) is 0 Å². The van der Waals surface area contributed by atoms with Crippen LogP contribution in [0.3, 0.4) is 0 Å². The Balaban J connectivity index is 2.03. The Morgan fingerprint density at radius 1 is 1.12 bits per heavy atom. The number of amides is 1. The molecule has 0 unspecified atom stereocenters. The van der Waals surface area contributed by atoms with Crippen molar-refractivity contribution in [3.8, 4) is 17.1 Å². The molecule has 2 rings (SSSR count). The van der Waals surface area contributed by atoms with Crippen molar-refractivity contribution in [3.63, 3.8) is 0 Å².